The number of hydrogen-bond donors (Lipinski definition) is 0. The van der Waals surface area contributed by atoms with Crippen LogP contribution < -0.4 is 9.47 Å². The molecular formula is C19H22N2O3. The first-order valence-corrected chi connectivity index (χ1v) is 8.14. The second kappa shape index (κ2) is 7.34. The molecule has 1 unspecified atom stereocenters. The standard InChI is InChI=1S/C19H22N2O3/c1-14-11-15(6-7-17(14)23-2)12-19(22)21-10-8-16(13-21)24-18-5-3-4-9-20-18/h3-7,9,11,16H,8,10,12-13H2,1-2H3. The summed E-state index contributed by atoms with van der Waals surface area (Å²) < 4.78 is 11.1. The fourth-order valence-electron chi connectivity index (χ4n) is 2.98. The smallest absolute Gasteiger partial charge is 0.227 e. The van der Waals surface area contributed by atoms with Crippen LogP contribution in [-0.2, 0) is 11.2 Å². The topological polar surface area (TPSA) is 51.7 Å². The number of hydrogen-bond acceptors (Lipinski definition) is 4. The first-order valence-electron chi connectivity index (χ1n) is 8.14. The minimum Gasteiger partial charge on any atom is -0.496 e. The van der Waals surface area contributed by atoms with Gasteiger partial charge in [-0.15, -0.1) is 0 Å². The van der Waals surface area contributed by atoms with E-state index in [9.17, 15) is 4.79 Å². The van der Waals surface area contributed by atoms with Gasteiger partial charge in [0.25, 0.3) is 0 Å². The highest BCUT2D eigenvalue weighted by Gasteiger charge is 2.27. The molecule has 0 N–H and O–H groups in total. The van der Waals surface area contributed by atoms with Gasteiger partial charge < -0.3 is 14.4 Å². The van der Waals surface area contributed by atoms with Crippen LogP contribution in [-0.4, -0.2) is 42.1 Å². The molecule has 2 heterocycles. The first-order chi connectivity index (χ1) is 11.7. The summed E-state index contributed by atoms with van der Waals surface area (Å²) in [5.74, 6) is 1.59. The van der Waals surface area contributed by atoms with Crippen molar-refractivity contribution in [2.45, 2.75) is 25.9 Å². The van der Waals surface area contributed by atoms with E-state index in [0.717, 1.165) is 29.8 Å². The van der Waals surface area contributed by atoms with Gasteiger partial charge in [0.15, 0.2) is 0 Å². The van der Waals surface area contributed by atoms with Crippen molar-refractivity contribution in [1.82, 2.24) is 9.88 Å². The Kier molecular flexibility index (Phi) is 4.99. The zero-order valence-electron chi connectivity index (χ0n) is 14.1. The minimum absolute atomic E-state index is 0.0152. The Bertz CT molecular complexity index is 703. The normalized spacial score (nSPS) is 16.9. The molecule has 24 heavy (non-hydrogen) atoms. The van der Waals surface area contributed by atoms with Crippen molar-refractivity contribution in [2.24, 2.45) is 0 Å². The quantitative estimate of drug-likeness (QED) is 0.847. The highest BCUT2D eigenvalue weighted by molar-refractivity contribution is 5.79. The van der Waals surface area contributed by atoms with E-state index in [1.54, 1.807) is 13.3 Å². The van der Waals surface area contributed by atoms with Crippen molar-refractivity contribution in [1.29, 1.82) is 0 Å². The van der Waals surface area contributed by atoms with Gasteiger partial charge in [-0.3, -0.25) is 4.79 Å². The Balaban J connectivity index is 1.55. The van der Waals surface area contributed by atoms with Crippen LogP contribution in [0, 0.1) is 6.92 Å². The monoisotopic (exact) mass is 326 g/mol. The van der Waals surface area contributed by atoms with E-state index in [2.05, 4.69) is 4.98 Å². The van der Waals surface area contributed by atoms with Crippen molar-refractivity contribution < 1.29 is 14.3 Å². The van der Waals surface area contributed by atoms with E-state index in [0.29, 0.717) is 18.8 Å². The fourth-order valence-corrected chi connectivity index (χ4v) is 2.98. The van der Waals surface area contributed by atoms with Crippen LogP contribution in [0.3, 0.4) is 0 Å². The van der Waals surface area contributed by atoms with Crippen LogP contribution >= 0.6 is 0 Å². The van der Waals surface area contributed by atoms with Crippen LogP contribution in [0.5, 0.6) is 11.6 Å². The van der Waals surface area contributed by atoms with Gasteiger partial charge in [0.2, 0.25) is 11.8 Å². The number of methoxy groups -OCH3 is 1. The number of benzene rings is 1. The molecule has 1 aliphatic rings. The van der Waals surface area contributed by atoms with Crippen molar-refractivity contribution in [3.8, 4) is 11.6 Å². The Morgan fingerprint density at radius 1 is 1.33 bits per heavy atom. The lowest BCUT2D eigenvalue weighted by atomic mass is 10.1. The summed E-state index contributed by atoms with van der Waals surface area (Å²) in [7, 11) is 1.65. The average Bonchev–Trinajstić information content (AvgIpc) is 3.04. The summed E-state index contributed by atoms with van der Waals surface area (Å²) in [5.41, 5.74) is 2.05. The van der Waals surface area contributed by atoms with Gasteiger partial charge in [0.05, 0.1) is 20.1 Å². The lowest BCUT2D eigenvalue weighted by molar-refractivity contribution is -0.129. The van der Waals surface area contributed by atoms with Crippen LogP contribution in [0.4, 0.5) is 0 Å². The van der Waals surface area contributed by atoms with Crippen molar-refractivity contribution in [3.63, 3.8) is 0 Å². The summed E-state index contributed by atoms with van der Waals surface area (Å²) in [6.45, 7) is 3.33. The Morgan fingerprint density at radius 2 is 2.21 bits per heavy atom. The molecule has 3 rings (SSSR count). The molecule has 0 radical (unpaired) electrons. The SMILES string of the molecule is COc1ccc(CC(=O)N2CCC(Oc3ccccn3)C2)cc1C. The van der Waals surface area contributed by atoms with Gasteiger partial charge in [-0.2, -0.15) is 0 Å². The van der Waals surface area contributed by atoms with Crippen LogP contribution in [0.15, 0.2) is 42.6 Å². The largest absolute Gasteiger partial charge is 0.496 e. The van der Waals surface area contributed by atoms with E-state index < -0.39 is 0 Å². The minimum atomic E-state index is 0.0152. The number of amides is 1. The number of aromatic nitrogens is 1. The van der Waals surface area contributed by atoms with Gasteiger partial charge in [-0.25, -0.2) is 4.98 Å². The van der Waals surface area contributed by atoms with Crippen LogP contribution in [0.2, 0.25) is 0 Å². The first kappa shape index (κ1) is 16.3. The summed E-state index contributed by atoms with van der Waals surface area (Å²) in [5, 5.41) is 0. The molecule has 0 aliphatic carbocycles. The predicted octanol–water partition coefficient (Wildman–Crippen LogP) is 2.62. The van der Waals surface area contributed by atoms with E-state index in [-0.39, 0.29) is 12.0 Å². The predicted molar refractivity (Wildman–Crippen MR) is 91.3 cm³/mol. The zero-order chi connectivity index (χ0) is 16.9. The molecular weight excluding hydrogens is 304 g/mol. The number of carbonyl (C=O) groups excluding carboxylic acids is 1. The Morgan fingerprint density at radius 3 is 2.92 bits per heavy atom. The summed E-state index contributed by atoms with van der Waals surface area (Å²) in [6.07, 6.45) is 2.96. The molecule has 1 fully saturated rings. The summed E-state index contributed by atoms with van der Waals surface area (Å²) in [4.78, 5) is 18.5. The van der Waals surface area contributed by atoms with Crippen molar-refractivity contribution in [2.75, 3.05) is 20.2 Å². The van der Waals surface area contributed by atoms with E-state index in [1.807, 2.05) is 48.2 Å². The highest BCUT2D eigenvalue weighted by atomic mass is 16.5. The number of pyridine rings is 1. The lowest BCUT2D eigenvalue weighted by Crippen LogP contribution is -2.32. The second-order valence-corrected chi connectivity index (χ2v) is 6.02. The molecule has 0 spiro atoms. The molecule has 1 aromatic heterocycles. The maximum atomic E-state index is 12.5. The molecule has 5 heteroatoms. The van der Waals surface area contributed by atoms with Crippen LogP contribution in [0.25, 0.3) is 0 Å². The molecule has 1 aliphatic heterocycles. The number of nitrogens with zero attached hydrogens (tertiary/aromatic N) is 2. The van der Waals surface area contributed by atoms with E-state index >= 15 is 0 Å². The summed E-state index contributed by atoms with van der Waals surface area (Å²) >= 11 is 0. The van der Waals surface area contributed by atoms with Gasteiger partial charge >= 0.3 is 0 Å². The van der Waals surface area contributed by atoms with Gasteiger partial charge in [0, 0.05) is 25.2 Å². The number of ether oxygens (including phenoxy) is 2. The highest BCUT2D eigenvalue weighted by Crippen LogP contribution is 2.21. The van der Waals surface area contributed by atoms with Crippen LogP contribution in [0.1, 0.15) is 17.5 Å². The van der Waals surface area contributed by atoms with Gasteiger partial charge in [0.1, 0.15) is 11.9 Å². The molecule has 1 saturated heterocycles. The van der Waals surface area contributed by atoms with E-state index in [1.165, 1.54) is 0 Å². The third-order valence-corrected chi connectivity index (χ3v) is 4.24. The third-order valence-electron chi connectivity index (χ3n) is 4.24. The lowest BCUT2D eigenvalue weighted by Gasteiger charge is -2.17. The van der Waals surface area contributed by atoms with Crippen molar-refractivity contribution >= 4 is 5.91 Å². The number of rotatable bonds is 5. The zero-order valence-corrected chi connectivity index (χ0v) is 14.1. The molecule has 126 valence electrons. The Hall–Kier alpha value is -2.56. The van der Waals surface area contributed by atoms with Gasteiger partial charge in [-0.05, 0) is 30.2 Å². The molecule has 5 nitrogen and oxygen atoms in total. The molecule has 1 aromatic carbocycles. The maximum Gasteiger partial charge on any atom is 0.227 e. The average molecular weight is 326 g/mol. The molecule has 0 bridgehead atoms. The van der Waals surface area contributed by atoms with E-state index in [4.69, 9.17) is 9.47 Å². The number of carbonyl (C=O) groups is 1. The third kappa shape index (κ3) is 3.85. The number of aryl methyl sites for hydroxylation is 1. The fraction of sp³-hybridized carbons (Fsp3) is 0.368. The second-order valence-electron chi connectivity index (χ2n) is 6.02. The van der Waals surface area contributed by atoms with Gasteiger partial charge in [-0.1, -0.05) is 18.2 Å². The Labute approximate surface area is 142 Å². The summed E-state index contributed by atoms with van der Waals surface area (Å²) in [6, 6.07) is 11.5. The maximum absolute atomic E-state index is 12.5. The van der Waals surface area contributed by atoms with Crippen molar-refractivity contribution in [3.05, 3.63) is 53.7 Å². The molecule has 2 aromatic rings. The molecule has 1 atom stereocenters. The molecule has 0 saturated carbocycles. The molecule has 1 amide bonds. The number of likely N-dealkylation sites (tertiary alicyclic amines) is 1.